The number of ether oxygens (including phenoxy) is 4. The molecule has 0 amide bonds. The Labute approximate surface area is 211 Å². The third-order valence-electron chi connectivity index (χ3n) is 8.04. The van der Waals surface area contributed by atoms with E-state index in [2.05, 4.69) is 20.8 Å². The minimum absolute atomic E-state index is 0.177. The molecule has 0 spiro atoms. The molecule has 3 fully saturated rings. The van der Waals surface area contributed by atoms with Crippen LogP contribution in [-0.4, -0.2) is 128 Å². The molecule has 3 aliphatic rings. The van der Waals surface area contributed by atoms with Crippen LogP contribution in [-0.2, 0) is 18.9 Å². The second-order valence-electron chi connectivity index (χ2n) is 11.2. The Bertz CT molecular complexity index is 677. The van der Waals surface area contributed by atoms with Gasteiger partial charge in [-0.25, -0.2) is 0 Å². The van der Waals surface area contributed by atoms with E-state index in [0.717, 1.165) is 0 Å². The lowest BCUT2D eigenvalue weighted by Crippen LogP contribution is -2.60. The molecule has 212 valence electrons. The molecule has 1 aliphatic carbocycles. The molecular weight excluding hydrogens is 480 g/mol. The van der Waals surface area contributed by atoms with Gasteiger partial charge in [0.15, 0.2) is 12.6 Å². The first-order chi connectivity index (χ1) is 16.9. The summed E-state index contributed by atoms with van der Waals surface area (Å²) in [5.41, 5.74) is -0.197. The van der Waals surface area contributed by atoms with Crippen molar-refractivity contribution >= 4 is 0 Å². The minimum Gasteiger partial charge on any atom is -0.394 e. The smallest absolute Gasteiger partial charge is 0.186 e. The highest BCUT2D eigenvalue weighted by Gasteiger charge is 2.47. The van der Waals surface area contributed by atoms with Crippen molar-refractivity contribution in [1.29, 1.82) is 0 Å². The first-order valence-corrected chi connectivity index (χ1v) is 12.8. The van der Waals surface area contributed by atoms with Crippen LogP contribution in [0.15, 0.2) is 0 Å². The zero-order valence-corrected chi connectivity index (χ0v) is 21.2. The Balaban J connectivity index is 1.55. The second-order valence-corrected chi connectivity index (χ2v) is 11.2. The lowest BCUT2D eigenvalue weighted by molar-refractivity contribution is -0.316. The van der Waals surface area contributed by atoms with Gasteiger partial charge in [-0.3, -0.25) is 0 Å². The molecule has 2 heterocycles. The fraction of sp³-hybridized carbons (Fsp3) is 1.00. The normalized spacial score (nSPS) is 46.4. The molecule has 2 aliphatic heterocycles. The molecule has 12 heteroatoms. The highest BCUT2D eigenvalue weighted by atomic mass is 16.7. The van der Waals surface area contributed by atoms with Crippen molar-refractivity contribution in [1.82, 2.24) is 0 Å². The lowest BCUT2D eigenvalue weighted by atomic mass is 9.61. The van der Waals surface area contributed by atoms with Crippen LogP contribution < -0.4 is 0 Å². The second kappa shape index (κ2) is 12.6. The van der Waals surface area contributed by atoms with Gasteiger partial charge in [0.05, 0.1) is 32.0 Å². The quantitative estimate of drug-likeness (QED) is 0.163. The average molecular weight is 525 g/mol. The zero-order chi connectivity index (χ0) is 26.8. The van der Waals surface area contributed by atoms with Crippen molar-refractivity contribution in [2.75, 3.05) is 19.8 Å². The maximum atomic E-state index is 10.3. The first-order valence-electron chi connectivity index (χ1n) is 12.8. The van der Waals surface area contributed by atoms with Crippen LogP contribution in [0, 0.1) is 17.3 Å². The van der Waals surface area contributed by atoms with Gasteiger partial charge in [-0.1, -0.05) is 20.8 Å². The van der Waals surface area contributed by atoms with Crippen molar-refractivity contribution in [2.24, 2.45) is 17.3 Å². The average Bonchev–Trinajstić information content (AvgIpc) is 2.82. The van der Waals surface area contributed by atoms with Crippen molar-refractivity contribution < 1.29 is 59.8 Å². The van der Waals surface area contributed by atoms with Crippen LogP contribution in [0.3, 0.4) is 0 Å². The molecule has 13 atom stereocenters. The molecule has 0 aromatic heterocycles. The summed E-state index contributed by atoms with van der Waals surface area (Å²) in [6, 6.07) is 0. The summed E-state index contributed by atoms with van der Waals surface area (Å²) in [6.07, 6.45) is -10.2. The first kappa shape index (κ1) is 30.1. The highest BCUT2D eigenvalue weighted by Crippen LogP contribution is 2.48. The van der Waals surface area contributed by atoms with E-state index in [-0.39, 0.29) is 36.6 Å². The zero-order valence-electron chi connectivity index (χ0n) is 21.2. The van der Waals surface area contributed by atoms with Gasteiger partial charge in [0.1, 0.15) is 42.7 Å². The third kappa shape index (κ3) is 6.74. The molecule has 2 saturated heterocycles. The summed E-state index contributed by atoms with van der Waals surface area (Å²) < 4.78 is 22.5. The maximum absolute atomic E-state index is 10.3. The molecule has 0 aromatic rings. The van der Waals surface area contributed by atoms with E-state index >= 15 is 0 Å². The summed E-state index contributed by atoms with van der Waals surface area (Å²) >= 11 is 0. The van der Waals surface area contributed by atoms with Crippen molar-refractivity contribution in [3.8, 4) is 0 Å². The molecule has 0 radical (unpaired) electrons. The van der Waals surface area contributed by atoms with Crippen LogP contribution in [0.25, 0.3) is 0 Å². The summed E-state index contributed by atoms with van der Waals surface area (Å²) in [7, 11) is 0. The maximum Gasteiger partial charge on any atom is 0.186 e. The van der Waals surface area contributed by atoms with Gasteiger partial charge in [-0.2, -0.15) is 0 Å². The summed E-state index contributed by atoms with van der Waals surface area (Å²) in [6.45, 7) is 5.32. The van der Waals surface area contributed by atoms with E-state index < -0.39 is 68.0 Å². The standard InChI is InChI=1S/C24H44O12/c1-11-6-13(35-23-21(32)19(30)18(29)16(9-26)36-23)7-24(2,3)14(11)5-4-12(8-25)34-22-20(31)17(28)15(27)10-33-22/h11-23,25-32H,4-10H2,1-3H3. The van der Waals surface area contributed by atoms with E-state index in [1.54, 1.807) is 0 Å². The number of rotatable bonds is 9. The highest BCUT2D eigenvalue weighted by molar-refractivity contribution is 4.94. The summed E-state index contributed by atoms with van der Waals surface area (Å²) in [4.78, 5) is 0. The van der Waals surface area contributed by atoms with E-state index in [4.69, 9.17) is 18.9 Å². The Morgan fingerprint density at radius 3 is 2.19 bits per heavy atom. The monoisotopic (exact) mass is 524 g/mol. The van der Waals surface area contributed by atoms with Crippen molar-refractivity contribution in [3.63, 3.8) is 0 Å². The molecule has 13 unspecified atom stereocenters. The van der Waals surface area contributed by atoms with Gasteiger partial charge in [0.2, 0.25) is 0 Å². The third-order valence-corrected chi connectivity index (χ3v) is 8.04. The lowest BCUT2D eigenvalue weighted by Gasteiger charge is -2.48. The Hall–Kier alpha value is -0.480. The van der Waals surface area contributed by atoms with E-state index in [0.29, 0.717) is 25.7 Å². The number of aliphatic hydroxyl groups is 8. The number of hydrogen-bond acceptors (Lipinski definition) is 12. The van der Waals surface area contributed by atoms with Gasteiger partial charge < -0.3 is 59.8 Å². The predicted molar refractivity (Wildman–Crippen MR) is 123 cm³/mol. The molecule has 8 N–H and O–H groups in total. The van der Waals surface area contributed by atoms with E-state index in [1.165, 1.54) is 0 Å². The molecule has 12 nitrogen and oxygen atoms in total. The largest absolute Gasteiger partial charge is 0.394 e. The minimum atomic E-state index is -1.49. The van der Waals surface area contributed by atoms with Crippen LogP contribution in [0.4, 0.5) is 0 Å². The predicted octanol–water partition coefficient (Wildman–Crippen LogP) is -2.16. The summed E-state index contributed by atoms with van der Waals surface area (Å²) in [5, 5.41) is 79.2. The summed E-state index contributed by atoms with van der Waals surface area (Å²) in [5.74, 6) is 0.422. The molecule has 0 aromatic carbocycles. The van der Waals surface area contributed by atoms with E-state index in [1.807, 2.05) is 0 Å². The van der Waals surface area contributed by atoms with Gasteiger partial charge in [-0.15, -0.1) is 0 Å². The molecule has 1 saturated carbocycles. The van der Waals surface area contributed by atoms with Crippen molar-refractivity contribution in [3.05, 3.63) is 0 Å². The van der Waals surface area contributed by atoms with Crippen LogP contribution in [0.5, 0.6) is 0 Å². The van der Waals surface area contributed by atoms with Crippen LogP contribution in [0.2, 0.25) is 0 Å². The van der Waals surface area contributed by atoms with Gasteiger partial charge in [-0.05, 0) is 42.9 Å². The Morgan fingerprint density at radius 1 is 0.917 bits per heavy atom. The van der Waals surface area contributed by atoms with E-state index in [9.17, 15) is 40.9 Å². The van der Waals surface area contributed by atoms with Crippen LogP contribution in [0.1, 0.15) is 46.5 Å². The van der Waals surface area contributed by atoms with Crippen LogP contribution >= 0.6 is 0 Å². The molecular formula is C24H44O12. The molecule has 3 rings (SSSR count). The number of aliphatic hydroxyl groups excluding tert-OH is 8. The Morgan fingerprint density at radius 2 is 1.58 bits per heavy atom. The van der Waals surface area contributed by atoms with Gasteiger partial charge in [0, 0.05) is 0 Å². The Kier molecular flexibility index (Phi) is 10.5. The number of hydrogen-bond donors (Lipinski definition) is 8. The van der Waals surface area contributed by atoms with Gasteiger partial charge >= 0.3 is 0 Å². The van der Waals surface area contributed by atoms with Gasteiger partial charge in [0.25, 0.3) is 0 Å². The topological polar surface area (TPSA) is 199 Å². The SMILES string of the molecule is CC1CC(OC2OC(CO)C(O)C(O)C2O)CC(C)(C)C1CCC(CO)OC1OCC(O)C(O)C1O. The molecule has 36 heavy (non-hydrogen) atoms. The van der Waals surface area contributed by atoms with Crippen molar-refractivity contribution in [2.45, 2.75) is 114 Å². The molecule has 0 bridgehead atoms. The fourth-order valence-corrected chi connectivity index (χ4v) is 5.98. The fourth-order valence-electron chi connectivity index (χ4n) is 5.98.